The average molecular weight is 429 g/mol. The van der Waals surface area contributed by atoms with E-state index in [1.807, 2.05) is 35.2 Å². The molecule has 0 unspecified atom stereocenters. The summed E-state index contributed by atoms with van der Waals surface area (Å²) in [6, 6.07) is 13.1. The number of aryl methyl sites for hydroxylation is 1. The number of carbonyl (C=O) groups is 2. The molecule has 2 aromatic rings. The summed E-state index contributed by atoms with van der Waals surface area (Å²) in [6.45, 7) is 1.46. The van der Waals surface area contributed by atoms with Crippen LogP contribution in [0.2, 0.25) is 5.02 Å². The molecule has 0 spiro atoms. The van der Waals surface area contributed by atoms with Gasteiger partial charge in [0.2, 0.25) is 18.6 Å². The van der Waals surface area contributed by atoms with E-state index in [1.165, 1.54) is 5.56 Å². The van der Waals surface area contributed by atoms with Crippen molar-refractivity contribution in [1.82, 2.24) is 4.90 Å². The van der Waals surface area contributed by atoms with Crippen molar-refractivity contribution in [2.75, 3.05) is 25.2 Å². The van der Waals surface area contributed by atoms with E-state index in [-0.39, 0.29) is 24.5 Å². The second kappa shape index (κ2) is 9.39. The zero-order chi connectivity index (χ0) is 20.9. The smallest absolute Gasteiger partial charge is 0.231 e. The Kier molecular flexibility index (Phi) is 6.43. The molecule has 2 heterocycles. The zero-order valence-corrected chi connectivity index (χ0v) is 17.5. The summed E-state index contributed by atoms with van der Waals surface area (Å²) in [4.78, 5) is 27.0. The number of halogens is 1. The Balaban J connectivity index is 1.19. The average Bonchev–Trinajstić information content (AvgIpc) is 3.23. The molecule has 2 aliphatic heterocycles. The molecule has 1 fully saturated rings. The molecule has 0 radical (unpaired) electrons. The molecule has 0 aliphatic carbocycles. The fraction of sp³-hybridized carbons (Fsp3) is 0.391. The minimum Gasteiger partial charge on any atom is -0.454 e. The molecule has 2 aromatic carbocycles. The number of amides is 2. The van der Waals surface area contributed by atoms with Crippen LogP contribution in [0, 0.1) is 5.92 Å². The number of nitrogens with one attached hydrogen (secondary N) is 1. The first-order valence-electron chi connectivity index (χ1n) is 10.3. The van der Waals surface area contributed by atoms with Crippen molar-refractivity contribution in [3.8, 4) is 11.5 Å². The molecule has 30 heavy (non-hydrogen) atoms. The van der Waals surface area contributed by atoms with Crippen molar-refractivity contribution in [2.45, 2.75) is 32.1 Å². The molecular weight excluding hydrogens is 404 g/mol. The topological polar surface area (TPSA) is 67.9 Å². The van der Waals surface area contributed by atoms with Gasteiger partial charge in [0.15, 0.2) is 11.5 Å². The van der Waals surface area contributed by atoms with Crippen LogP contribution in [0.3, 0.4) is 0 Å². The van der Waals surface area contributed by atoms with Crippen molar-refractivity contribution in [3.05, 3.63) is 53.1 Å². The second-order valence-electron chi connectivity index (χ2n) is 7.69. The number of rotatable bonds is 6. The number of anilines is 1. The quantitative estimate of drug-likeness (QED) is 0.746. The third-order valence-corrected chi connectivity index (χ3v) is 5.88. The Hall–Kier alpha value is -2.73. The fourth-order valence-corrected chi connectivity index (χ4v) is 3.99. The Bertz CT molecular complexity index is 908. The number of hydrogen-bond acceptors (Lipinski definition) is 4. The number of piperidine rings is 1. The Morgan fingerprint density at radius 3 is 2.53 bits per heavy atom. The van der Waals surface area contributed by atoms with Crippen LogP contribution >= 0.6 is 11.6 Å². The van der Waals surface area contributed by atoms with Gasteiger partial charge in [0.25, 0.3) is 0 Å². The van der Waals surface area contributed by atoms with Gasteiger partial charge < -0.3 is 19.7 Å². The largest absolute Gasteiger partial charge is 0.454 e. The number of likely N-dealkylation sites (tertiary alicyclic amines) is 1. The van der Waals surface area contributed by atoms with Gasteiger partial charge in [0, 0.05) is 42.2 Å². The van der Waals surface area contributed by atoms with Crippen LogP contribution in [0.5, 0.6) is 11.5 Å². The Morgan fingerprint density at radius 2 is 1.77 bits per heavy atom. The lowest BCUT2D eigenvalue weighted by molar-refractivity contribution is -0.134. The second-order valence-corrected chi connectivity index (χ2v) is 8.13. The maximum absolute atomic E-state index is 12.6. The van der Waals surface area contributed by atoms with Crippen LogP contribution in [0.1, 0.15) is 31.2 Å². The summed E-state index contributed by atoms with van der Waals surface area (Å²) in [7, 11) is 0. The molecule has 0 bridgehead atoms. The lowest BCUT2D eigenvalue weighted by atomic mass is 9.95. The van der Waals surface area contributed by atoms with Crippen LogP contribution in [0.15, 0.2) is 42.5 Å². The molecule has 2 amide bonds. The molecule has 1 N–H and O–H groups in total. The summed E-state index contributed by atoms with van der Waals surface area (Å²) in [5.41, 5.74) is 1.89. The molecule has 7 heteroatoms. The van der Waals surface area contributed by atoms with E-state index < -0.39 is 0 Å². The van der Waals surface area contributed by atoms with Crippen LogP contribution in [0.25, 0.3) is 0 Å². The number of hydrogen-bond donors (Lipinski definition) is 1. The molecule has 0 atom stereocenters. The van der Waals surface area contributed by atoms with Crippen molar-refractivity contribution >= 4 is 29.1 Å². The van der Waals surface area contributed by atoms with Gasteiger partial charge in [-0.15, -0.1) is 0 Å². The first-order chi connectivity index (χ1) is 14.6. The van der Waals surface area contributed by atoms with Gasteiger partial charge in [-0.3, -0.25) is 9.59 Å². The summed E-state index contributed by atoms with van der Waals surface area (Å²) in [5, 5.41) is 3.68. The van der Waals surface area contributed by atoms with Gasteiger partial charge in [-0.2, -0.15) is 0 Å². The van der Waals surface area contributed by atoms with E-state index >= 15 is 0 Å². The van der Waals surface area contributed by atoms with Gasteiger partial charge in [0.1, 0.15) is 0 Å². The minimum atomic E-state index is -0.0893. The SMILES string of the molecule is O=C(Nc1ccc2c(c1)OCO2)C1CCN(C(=O)CCCc2ccc(Cl)cc2)CC1. The van der Waals surface area contributed by atoms with Crippen molar-refractivity contribution < 1.29 is 19.1 Å². The van der Waals surface area contributed by atoms with Crippen molar-refractivity contribution in [3.63, 3.8) is 0 Å². The highest BCUT2D eigenvalue weighted by molar-refractivity contribution is 6.30. The lowest BCUT2D eigenvalue weighted by Gasteiger charge is -2.31. The van der Waals surface area contributed by atoms with E-state index in [1.54, 1.807) is 12.1 Å². The zero-order valence-electron chi connectivity index (χ0n) is 16.7. The predicted octanol–water partition coefficient (Wildman–Crippen LogP) is 4.27. The first-order valence-corrected chi connectivity index (χ1v) is 10.7. The third-order valence-electron chi connectivity index (χ3n) is 5.63. The molecule has 0 saturated carbocycles. The monoisotopic (exact) mass is 428 g/mol. The summed E-state index contributed by atoms with van der Waals surface area (Å²) < 4.78 is 10.6. The molecule has 4 rings (SSSR count). The maximum Gasteiger partial charge on any atom is 0.231 e. The molecule has 2 aliphatic rings. The molecular formula is C23H25ClN2O4. The highest BCUT2D eigenvalue weighted by Gasteiger charge is 2.27. The van der Waals surface area contributed by atoms with E-state index in [0.29, 0.717) is 49.5 Å². The normalized spacial score (nSPS) is 15.8. The van der Waals surface area contributed by atoms with Gasteiger partial charge in [-0.1, -0.05) is 23.7 Å². The van der Waals surface area contributed by atoms with Crippen LogP contribution in [-0.2, 0) is 16.0 Å². The van der Waals surface area contributed by atoms with E-state index in [0.717, 1.165) is 17.9 Å². The number of ether oxygens (including phenoxy) is 2. The van der Waals surface area contributed by atoms with E-state index in [2.05, 4.69) is 5.32 Å². The van der Waals surface area contributed by atoms with Crippen LogP contribution < -0.4 is 14.8 Å². The van der Waals surface area contributed by atoms with Gasteiger partial charge in [-0.05, 0) is 55.5 Å². The summed E-state index contributed by atoms with van der Waals surface area (Å²) in [5.74, 6) is 1.40. The van der Waals surface area contributed by atoms with E-state index in [9.17, 15) is 9.59 Å². The van der Waals surface area contributed by atoms with Crippen LogP contribution in [-0.4, -0.2) is 36.6 Å². The van der Waals surface area contributed by atoms with Crippen molar-refractivity contribution in [1.29, 1.82) is 0 Å². The minimum absolute atomic E-state index is 0.0105. The Labute approximate surface area is 181 Å². The van der Waals surface area contributed by atoms with Crippen molar-refractivity contribution in [2.24, 2.45) is 5.92 Å². The van der Waals surface area contributed by atoms with Gasteiger partial charge in [-0.25, -0.2) is 0 Å². The fourth-order valence-electron chi connectivity index (χ4n) is 3.86. The predicted molar refractivity (Wildman–Crippen MR) is 115 cm³/mol. The summed E-state index contributed by atoms with van der Waals surface area (Å²) >= 11 is 5.90. The molecule has 1 saturated heterocycles. The van der Waals surface area contributed by atoms with Crippen LogP contribution in [0.4, 0.5) is 5.69 Å². The highest BCUT2D eigenvalue weighted by Crippen LogP contribution is 2.34. The highest BCUT2D eigenvalue weighted by atomic mass is 35.5. The summed E-state index contributed by atoms with van der Waals surface area (Å²) in [6.07, 6.45) is 3.55. The van der Waals surface area contributed by atoms with Gasteiger partial charge >= 0.3 is 0 Å². The standard InChI is InChI=1S/C23H25ClN2O4/c24-18-6-4-16(5-7-18)2-1-3-22(27)26-12-10-17(11-13-26)23(28)25-19-8-9-20-21(14-19)30-15-29-20/h4-9,14,17H,1-3,10-13,15H2,(H,25,28). The first kappa shape index (κ1) is 20.5. The lowest BCUT2D eigenvalue weighted by Crippen LogP contribution is -2.41. The van der Waals surface area contributed by atoms with Gasteiger partial charge in [0.05, 0.1) is 0 Å². The number of benzene rings is 2. The van der Waals surface area contributed by atoms with E-state index in [4.69, 9.17) is 21.1 Å². The maximum atomic E-state index is 12.6. The third kappa shape index (κ3) is 5.05. The Morgan fingerprint density at radius 1 is 1.03 bits per heavy atom. The number of carbonyl (C=O) groups excluding carboxylic acids is 2. The number of nitrogens with zero attached hydrogens (tertiary/aromatic N) is 1. The number of fused-ring (bicyclic) bond motifs is 1. The molecule has 0 aromatic heterocycles. The molecule has 6 nitrogen and oxygen atoms in total. The molecule has 158 valence electrons.